The number of carbonyl (C=O) groups is 2. The monoisotopic (exact) mass is 273 g/mol. The molecule has 2 aliphatic rings. The average Bonchev–Trinajstić information content (AvgIpc) is 3.06. The first-order valence-corrected chi connectivity index (χ1v) is 7.08. The highest BCUT2D eigenvalue weighted by molar-refractivity contribution is 5.85. The normalized spacial score (nSPS) is 31.2. The topological polar surface area (TPSA) is 46.6 Å². The highest BCUT2D eigenvalue weighted by atomic mass is 16.5. The molecule has 2 unspecified atom stereocenters. The van der Waals surface area contributed by atoms with Crippen LogP contribution in [0.25, 0.3) is 0 Å². The molecule has 1 aromatic carbocycles. The van der Waals surface area contributed by atoms with Gasteiger partial charge in [0.1, 0.15) is 5.60 Å². The van der Waals surface area contributed by atoms with Crippen LogP contribution in [0.4, 0.5) is 0 Å². The van der Waals surface area contributed by atoms with Crippen LogP contribution in [-0.4, -0.2) is 35.8 Å². The zero-order valence-electron chi connectivity index (χ0n) is 11.6. The molecule has 4 nitrogen and oxygen atoms in total. The average molecular weight is 273 g/mol. The van der Waals surface area contributed by atoms with Crippen molar-refractivity contribution in [1.29, 1.82) is 0 Å². The highest BCUT2D eigenvalue weighted by Crippen LogP contribution is 2.47. The van der Waals surface area contributed by atoms with Gasteiger partial charge in [0.15, 0.2) is 6.29 Å². The standard InChI is InChI=1S/C16H19NO3/c1-17(10-12-5-3-2-4-6-12)15(19)14-9-13-7-8-16(14,11-18)20-13/h2-6,11,13-14H,7-10H2,1H3/t13?,14?,16-/m0/s1. The predicted octanol–water partition coefficient (Wildman–Crippen LogP) is 1.78. The lowest BCUT2D eigenvalue weighted by atomic mass is 9.78. The van der Waals surface area contributed by atoms with Crippen LogP contribution in [0.2, 0.25) is 0 Å². The van der Waals surface area contributed by atoms with E-state index in [1.165, 1.54) is 0 Å². The predicted molar refractivity (Wildman–Crippen MR) is 73.9 cm³/mol. The number of ether oxygens (including phenoxy) is 1. The third kappa shape index (κ3) is 2.14. The van der Waals surface area contributed by atoms with Crippen molar-refractivity contribution in [1.82, 2.24) is 4.90 Å². The first-order chi connectivity index (χ1) is 9.64. The lowest BCUT2D eigenvalue weighted by molar-refractivity contribution is -0.145. The van der Waals surface area contributed by atoms with Gasteiger partial charge in [0.05, 0.1) is 12.0 Å². The maximum Gasteiger partial charge on any atom is 0.229 e. The van der Waals surface area contributed by atoms with Crippen molar-refractivity contribution in [3.05, 3.63) is 35.9 Å². The summed E-state index contributed by atoms with van der Waals surface area (Å²) in [4.78, 5) is 25.7. The van der Waals surface area contributed by atoms with E-state index in [9.17, 15) is 9.59 Å². The van der Waals surface area contributed by atoms with E-state index in [-0.39, 0.29) is 17.9 Å². The molecule has 20 heavy (non-hydrogen) atoms. The molecule has 3 rings (SSSR count). The van der Waals surface area contributed by atoms with Crippen LogP contribution in [0.5, 0.6) is 0 Å². The fourth-order valence-corrected chi connectivity index (χ4v) is 3.38. The highest BCUT2D eigenvalue weighted by Gasteiger charge is 2.57. The summed E-state index contributed by atoms with van der Waals surface area (Å²) in [7, 11) is 1.79. The Morgan fingerprint density at radius 1 is 1.45 bits per heavy atom. The number of benzene rings is 1. The molecule has 2 saturated heterocycles. The van der Waals surface area contributed by atoms with Gasteiger partial charge in [-0.15, -0.1) is 0 Å². The molecule has 0 saturated carbocycles. The number of hydrogen-bond donors (Lipinski definition) is 0. The Morgan fingerprint density at radius 2 is 2.20 bits per heavy atom. The lowest BCUT2D eigenvalue weighted by Crippen LogP contribution is -2.45. The van der Waals surface area contributed by atoms with Crippen molar-refractivity contribution >= 4 is 12.2 Å². The third-order valence-corrected chi connectivity index (χ3v) is 4.47. The van der Waals surface area contributed by atoms with E-state index < -0.39 is 5.60 Å². The maximum atomic E-state index is 12.6. The minimum Gasteiger partial charge on any atom is -0.363 e. The summed E-state index contributed by atoms with van der Waals surface area (Å²) in [5.74, 6) is -0.296. The summed E-state index contributed by atoms with van der Waals surface area (Å²) in [6.45, 7) is 0.565. The molecule has 2 aliphatic heterocycles. The van der Waals surface area contributed by atoms with Gasteiger partial charge in [-0.1, -0.05) is 30.3 Å². The van der Waals surface area contributed by atoms with E-state index in [2.05, 4.69) is 0 Å². The van der Waals surface area contributed by atoms with Crippen molar-refractivity contribution in [2.45, 2.75) is 37.5 Å². The van der Waals surface area contributed by atoms with Gasteiger partial charge in [0, 0.05) is 13.6 Å². The molecular weight excluding hydrogens is 254 g/mol. The quantitative estimate of drug-likeness (QED) is 0.786. The Balaban J connectivity index is 1.71. The van der Waals surface area contributed by atoms with Gasteiger partial charge in [-0.2, -0.15) is 0 Å². The van der Waals surface area contributed by atoms with Gasteiger partial charge in [-0.25, -0.2) is 0 Å². The molecule has 1 amide bonds. The number of rotatable bonds is 4. The minimum absolute atomic E-state index is 0.0168. The van der Waals surface area contributed by atoms with Crippen molar-refractivity contribution in [2.75, 3.05) is 7.05 Å². The Kier molecular flexibility index (Phi) is 3.34. The Bertz CT molecular complexity index is 516. The van der Waals surface area contributed by atoms with E-state index >= 15 is 0 Å². The molecule has 0 spiro atoms. The summed E-state index contributed by atoms with van der Waals surface area (Å²) >= 11 is 0. The molecule has 0 aromatic heterocycles. The number of hydrogen-bond acceptors (Lipinski definition) is 3. The van der Waals surface area contributed by atoms with Crippen molar-refractivity contribution < 1.29 is 14.3 Å². The van der Waals surface area contributed by atoms with Gasteiger partial charge < -0.3 is 14.4 Å². The van der Waals surface area contributed by atoms with Crippen LogP contribution < -0.4 is 0 Å². The Morgan fingerprint density at radius 3 is 2.85 bits per heavy atom. The summed E-state index contributed by atoms with van der Waals surface area (Å²) in [5.41, 5.74) is 0.236. The zero-order valence-corrected chi connectivity index (χ0v) is 11.6. The van der Waals surface area contributed by atoms with Crippen LogP contribution in [0.3, 0.4) is 0 Å². The Hall–Kier alpha value is -1.68. The summed E-state index contributed by atoms with van der Waals surface area (Å²) < 4.78 is 5.73. The van der Waals surface area contributed by atoms with Gasteiger partial charge in [-0.3, -0.25) is 4.79 Å². The summed E-state index contributed by atoms with van der Waals surface area (Å²) in [6, 6.07) is 9.87. The molecule has 4 heteroatoms. The fraction of sp³-hybridized carbons (Fsp3) is 0.500. The number of aldehydes is 1. The van der Waals surface area contributed by atoms with Crippen molar-refractivity contribution in [2.24, 2.45) is 5.92 Å². The third-order valence-electron chi connectivity index (χ3n) is 4.47. The lowest BCUT2D eigenvalue weighted by Gasteiger charge is -2.30. The van der Waals surface area contributed by atoms with Crippen molar-refractivity contribution in [3.8, 4) is 0 Å². The van der Waals surface area contributed by atoms with Gasteiger partial charge in [0.2, 0.25) is 5.91 Å². The Labute approximate surface area is 118 Å². The molecule has 2 fully saturated rings. The first-order valence-electron chi connectivity index (χ1n) is 7.08. The van der Waals surface area contributed by atoms with Crippen LogP contribution in [-0.2, 0) is 20.9 Å². The number of amides is 1. The number of carbonyl (C=O) groups excluding carboxylic acids is 2. The number of nitrogens with zero attached hydrogens (tertiary/aromatic N) is 1. The SMILES string of the molecule is CN(Cc1ccccc1)C(=O)C1CC2CC[C@@]1(C=O)O2. The second-order valence-electron chi connectivity index (χ2n) is 5.82. The van der Waals surface area contributed by atoms with E-state index in [4.69, 9.17) is 4.74 Å². The van der Waals surface area contributed by atoms with E-state index in [1.807, 2.05) is 30.3 Å². The molecule has 0 aliphatic carbocycles. The van der Waals surface area contributed by atoms with Crippen molar-refractivity contribution in [3.63, 3.8) is 0 Å². The molecule has 3 atom stereocenters. The fourth-order valence-electron chi connectivity index (χ4n) is 3.38. The number of fused-ring (bicyclic) bond motifs is 2. The van der Waals surface area contributed by atoms with Crippen LogP contribution >= 0.6 is 0 Å². The maximum absolute atomic E-state index is 12.6. The molecule has 106 valence electrons. The smallest absolute Gasteiger partial charge is 0.229 e. The minimum atomic E-state index is -0.854. The summed E-state index contributed by atoms with van der Waals surface area (Å²) in [6.07, 6.45) is 3.18. The van der Waals surface area contributed by atoms with Gasteiger partial charge in [-0.05, 0) is 24.8 Å². The molecule has 0 radical (unpaired) electrons. The second kappa shape index (κ2) is 5.02. The molecule has 2 heterocycles. The molecular formula is C16H19NO3. The largest absolute Gasteiger partial charge is 0.363 e. The first kappa shape index (κ1) is 13.3. The van der Waals surface area contributed by atoms with Gasteiger partial charge in [0.25, 0.3) is 0 Å². The van der Waals surface area contributed by atoms with Crippen LogP contribution in [0.15, 0.2) is 30.3 Å². The van der Waals surface area contributed by atoms with E-state index in [0.29, 0.717) is 19.4 Å². The van der Waals surface area contributed by atoms with Gasteiger partial charge >= 0.3 is 0 Å². The zero-order chi connectivity index (χ0) is 14.2. The molecule has 2 bridgehead atoms. The summed E-state index contributed by atoms with van der Waals surface area (Å²) in [5, 5.41) is 0. The van der Waals surface area contributed by atoms with E-state index in [1.54, 1.807) is 11.9 Å². The van der Waals surface area contributed by atoms with E-state index in [0.717, 1.165) is 18.3 Å². The van der Waals surface area contributed by atoms with Crippen LogP contribution in [0.1, 0.15) is 24.8 Å². The molecule has 0 N–H and O–H groups in total. The second-order valence-corrected chi connectivity index (χ2v) is 5.82. The van der Waals surface area contributed by atoms with Crippen LogP contribution in [0, 0.1) is 5.92 Å². The molecule has 1 aromatic rings.